The first-order chi connectivity index (χ1) is 8.47. The third-order valence-corrected chi connectivity index (χ3v) is 3.88. The number of hydrogen-bond donors (Lipinski definition) is 1. The van der Waals surface area contributed by atoms with Crippen LogP contribution in [-0.2, 0) is 10.2 Å². The van der Waals surface area contributed by atoms with Crippen LogP contribution >= 0.6 is 0 Å². The molecule has 1 aliphatic rings. The Kier molecular flexibility index (Phi) is 3.37. The molecule has 0 aliphatic heterocycles. The average molecular weight is 254 g/mol. The molecule has 1 aromatic carbocycles. The van der Waals surface area contributed by atoms with E-state index < -0.39 is 23.0 Å². The molecular weight excluding hydrogens is 238 g/mol. The molecule has 0 atom stereocenters. The summed E-state index contributed by atoms with van der Waals surface area (Å²) in [5.41, 5.74) is -0.757. The van der Waals surface area contributed by atoms with Crippen molar-refractivity contribution in [2.75, 3.05) is 0 Å². The fraction of sp³-hybridized carbons (Fsp3) is 0.500. The van der Waals surface area contributed by atoms with E-state index >= 15 is 0 Å². The second-order valence-corrected chi connectivity index (χ2v) is 5.03. The van der Waals surface area contributed by atoms with Crippen molar-refractivity contribution < 1.29 is 18.7 Å². The standard InChI is InChI=1S/C14H16F2O2/c1-9-7-10(12(16)8-11(9)15)14(13(17)18)5-3-2-4-6-14/h7-8H,2-6H2,1H3,(H,17,18). The highest BCUT2D eigenvalue weighted by Gasteiger charge is 2.43. The number of carboxylic acids is 1. The number of rotatable bonds is 2. The summed E-state index contributed by atoms with van der Waals surface area (Å²) in [6, 6.07) is 2.15. The highest BCUT2D eigenvalue weighted by Crippen LogP contribution is 2.41. The van der Waals surface area contributed by atoms with Crippen LogP contribution in [0.15, 0.2) is 12.1 Å². The number of aryl methyl sites for hydroxylation is 1. The van der Waals surface area contributed by atoms with Gasteiger partial charge in [-0.15, -0.1) is 0 Å². The van der Waals surface area contributed by atoms with Crippen molar-refractivity contribution in [1.29, 1.82) is 0 Å². The minimum absolute atomic E-state index is 0.133. The molecule has 0 spiro atoms. The summed E-state index contributed by atoms with van der Waals surface area (Å²) in [6.45, 7) is 1.52. The van der Waals surface area contributed by atoms with Gasteiger partial charge in [-0.3, -0.25) is 4.79 Å². The normalized spacial score (nSPS) is 18.6. The molecule has 0 heterocycles. The summed E-state index contributed by atoms with van der Waals surface area (Å²) >= 11 is 0. The van der Waals surface area contributed by atoms with Crippen LogP contribution in [0, 0.1) is 18.6 Å². The fourth-order valence-electron chi connectivity index (χ4n) is 2.78. The number of halogens is 2. The molecule has 2 rings (SSSR count). The number of carbonyl (C=O) groups is 1. The van der Waals surface area contributed by atoms with Gasteiger partial charge in [-0.1, -0.05) is 19.3 Å². The third kappa shape index (κ3) is 2.00. The van der Waals surface area contributed by atoms with Gasteiger partial charge < -0.3 is 5.11 Å². The molecule has 1 aliphatic carbocycles. The monoisotopic (exact) mass is 254 g/mol. The van der Waals surface area contributed by atoms with E-state index in [9.17, 15) is 18.7 Å². The van der Waals surface area contributed by atoms with Crippen molar-refractivity contribution >= 4 is 5.97 Å². The average Bonchev–Trinajstić information content (AvgIpc) is 2.34. The third-order valence-electron chi connectivity index (χ3n) is 3.88. The fourth-order valence-corrected chi connectivity index (χ4v) is 2.78. The van der Waals surface area contributed by atoms with Crippen LogP contribution in [0.5, 0.6) is 0 Å². The van der Waals surface area contributed by atoms with Crippen LogP contribution in [0.25, 0.3) is 0 Å². The van der Waals surface area contributed by atoms with Gasteiger partial charge in [-0.25, -0.2) is 8.78 Å². The highest BCUT2D eigenvalue weighted by molar-refractivity contribution is 5.81. The molecule has 1 saturated carbocycles. The van der Waals surface area contributed by atoms with Gasteiger partial charge >= 0.3 is 5.97 Å². The zero-order valence-electron chi connectivity index (χ0n) is 10.3. The summed E-state index contributed by atoms with van der Waals surface area (Å²) < 4.78 is 27.2. The maximum atomic E-state index is 13.9. The Balaban J connectivity index is 2.55. The molecule has 1 aromatic rings. The maximum Gasteiger partial charge on any atom is 0.314 e. The van der Waals surface area contributed by atoms with Crippen molar-refractivity contribution in [2.24, 2.45) is 0 Å². The molecule has 0 unspecified atom stereocenters. The Labute approximate surface area is 105 Å². The van der Waals surface area contributed by atoms with Crippen molar-refractivity contribution in [3.05, 3.63) is 34.9 Å². The molecule has 98 valence electrons. The van der Waals surface area contributed by atoms with E-state index in [1.807, 2.05) is 0 Å². The Hall–Kier alpha value is -1.45. The van der Waals surface area contributed by atoms with Gasteiger partial charge in [0.05, 0.1) is 5.41 Å². The van der Waals surface area contributed by atoms with Crippen LogP contribution in [0.1, 0.15) is 43.2 Å². The van der Waals surface area contributed by atoms with Crippen LogP contribution in [0.3, 0.4) is 0 Å². The van der Waals surface area contributed by atoms with Crippen molar-refractivity contribution in [1.82, 2.24) is 0 Å². The minimum atomic E-state index is -1.18. The minimum Gasteiger partial charge on any atom is -0.481 e. The quantitative estimate of drug-likeness (QED) is 0.876. The first-order valence-corrected chi connectivity index (χ1v) is 6.17. The van der Waals surface area contributed by atoms with Gasteiger partial charge in [0, 0.05) is 11.6 Å². The Morgan fingerprint density at radius 3 is 2.33 bits per heavy atom. The molecule has 4 heteroatoms. The summed E-state index contributed by atoms with van der Waals surface area (Å²) in [7, 11) is 0. The first kappa shape index (κ1) is 13.0. The van der Waals surface area contributed by atoms with Crippen molar-refractivity contribution in [2.45, 2.75) is 44.4 Å². The van der Waals surface area contributed by atoms with E-state index in [1.54, 1.807) is 0 Å². The lowest BCUT2D eigenvalue weighted by Gasteiger charge is -2.34. The number of carboxylic acid groups (broad SMARTS) is 1. The molecule has 1 N–H and O–H groups in total. The van der Waals surface area contributed by atoms with Gasteiger partial charge in [-0.2, -0.15) is 0 Å². The second kappa shape index (κ2) is 4.67. The van der Waals surface area contributed by atoms with E-state index in [0.717, 1.165) is 25.3 Å². The summed E-state index contributed by atoms with van der Waals surface area (Å²) in [6.07, 6.45) is 3.34. The molecular formula is C14H16F2O2. The second-order valence-electron chi connectivity index (χ2n) is 5.03. The van der Waals surface area contributed by atoms with Gasteiger partial charge in [0.2, 0.25) is 0 Å². The Bertz CT molecular complexity index is 477. The largest absolute Gasteiger partial charge is 0.481 e. The zero-order valence-corrected chi connectivity index (χ0v) is 10.3. The Morgan fingerprint density at radius 2 is 1.78 bits per heavy atom. The summed E-state index contributed by atoms with van der Waals surface area (Å²) in [5.74, 6) is -2.39. The smallest absolute Gasteiger partial charge is 0.314 e. The molecule has 2 nitrogen and oxygen atoms in total. The van der Waals surface area contributed by atoms with Crippen LogP contribution in [0.2, 0.25) is 0 Å². The highest BCUT2D eigenvalue weighted by atomic mass is 19.1. The molecule has 0 saturated heterocycles. The molecule has 18 heavy (non-hydrogen) atoms. The van der Waals surface area contributed by atoms with E-state index in [0.29, 0.717) is 12.8 Å². The number of hydrogen-bond acceptors (Lipinski definition) is 1. The van der Waals surface area contributed by atoms with Crippen molar-refractivity contribution in [3.63, 3.8) is 0 Å². The molecule has 0 aromatic heterocycles. The van der Waals surface area contributed by atoms with Crippen LogP contribution in [0.4, 0.5) is 8.78 Å². The van der Waals surface area contributed by atoms with E-state index in [1.165, 1.54) is 13.0 Å². The lowest BCUT2D eigenvalue weighted by atomic mass is 9.69. The number of benzene rings is 1. The van der Waals surface area contributed by atoms with E-state index in [2.05, 4.69) is 0 Å². The number of aliphatic carboxylic acids is 1. The maximum absolute atomic E-state index is 13.9. The Morgan fingerprint density at radius 1 is 1.17 bits per heavy atom. The van der Waals surface area contributed by atoms with Gasteiger partial charge in [0.1, 0.15) is 11.6 Å². The van der Waals surface area contributed by atoms with Gasteiger partial charge in [-0.05, 0) is 31.4 Å². The molecule has 0 bridgehead atoms. The summed E-state index contributed by atoms with van der Waals surface area (Å²) in [5, 5.41) is 9.47. The zero-order chi connectivity index (χ0) is 13.3. The van der Waals surface area contributed by atoms with Crippen LogP contribution < -0.4 is 0 Å². The van der Waals surface area contributed by atoms with Gasteiger partial charge in [0.15, 0.2) is 0 Å². The SMILES string of the molecule is Cc1cc(C2(C(=O)O)CCCCC2)c(F)cc1F. The van der Waals surface area contributed by atoms with E-state index in [-0.39, 0.29) is 11.1 Å². The van der Waals surface area contributed by atoms with Crippen LogP contribution in [-0.4, -0.2) is 11.1 Å². The molecule has 1 fully saturated rings. The molecule has 0 radical (unpaired) electrons. The first-order valence-electron chi connectivity index (χ1n) is 6.17. The lowest BCUT2D eigenvalue weighted by molar-refractivity contribution is -0.145. The predicted octanol–water partition coefficient (Wildman–Crippen LogP) is 3.56. The van der Waals surface area contributed by atoms with E-state index in [4.69, 9.17) is 0 Å². The molecule has 0 amide bonds. The van der Waals surface area contributed by atoms with Gasteiger partial charge in [0.25, 0.3) is 0 Å². The topological polar surface area (TPSA) is 37.3 Å². The summed E-state index contributed by atoms with van der Waals surface area (Å²) in [4.78, 5) is 11.6. The van der Waals surface area contributed by atoms with Crippen molar-refractivity contribution in [3.8, 4) is 0 Å². The predicted molar refractivity (Wildman–Crippen MR) is 63.5 cm³/mol. The lowest BCUT2D eigenvalue weighted by Crippen LogP contribution is -2.38.